The maximum Gasteiger partial charge on any atom is 0.300 e. The Labute approximate surface area is 143 Å². The monoisotopic (exact) mass is 335 g/mol. The summed E-state index contributed by atoms with van der Waals surface area (Å²) in [5, 5.41) is 22.5. The topological polar surface area (TPSA) is 89.5 Å². The van der Waals surface area contributed by atoms with Crippen molar-refractivity contribution in [3.8, 4) is 0 Å². The van der Waals surface area contributed by atoms with E-state index in [0.29, 0.717) is 11.4 Å². The number of rotatable bonds is 5. The highest BCUT2D eigenvalue weighted by Gasteiger charge is 2.25. The van der Waals surface area contributed by atoms with Crippen molar-refractivity contribution < 1.29 is 9.85 Å². The van der Waals surface area contributed by atoms with Crippen LogP contribution in [0.25, 0.3) is 0 Å². The van der Waals surface area contributed by atoms with E-state index >= 15 is 0 Å². The zero-order valence-corrected chi connectivity index (χ0v) is 13.0. The Morgan fingerprint density at radius 1 is 0.680 bits per heavy atom. The maximum absolute atomic E-state index is 11.5. The van der Waals surface area contributed by atoms with Crippen LogP contribution in [0.2, 0.25) is 0 Å². The summed E-state index contributed by atoms with van der Waals surface area (Å²) < 4.78 is 0. The number of hydrogen-bond donors (Lipinski definition) is 0. The first-order valence-electron chi connectivity index (χ1n) is 7.41. The first kappa shape index (κ1) is 16.1. The lowest BCUT2D eigenvalue weighted by molar-refractivity contribution is -0.393. The lowest BCUT2D eigenvalue weighted by Crippen LogP contribution is -2.12. The molecule has 0 aromatic heterocycles. The number of para-hydroxylation sites is 2. The van der Waals surface area contributed by atoms with Gasteiger partial charge in [0.05, 0.1) is 15.9 Å². The van der Waals surface area contributed by atoms with Crippen molar-refractivity contribution in [2.24, 2.45) is 0 Å². The molecule has 25 heavy (non-hydrogen) atoms. The molecule has 0 N–H and O–H groups in total. The average molecular weight is 335 g/mol. The summed E-state index contributed by atoms with van der Waals surface area (Å²) in [4.78, 5) is 22.9. The number of anilines is 3. The van der Waals surface area contributed by atoms with Crippen LogP contribution in [0.4, 0.5) is 28.4 Å². The Kier molecular flexibility index (Phi) is 4.38. The Morgan fingerprint density at radius 3 is 1.64 bits per heavy atom. The molecule has 0 unspecified atom stereocenters. The smallest absolute Gasteiger partial charge is 0.300 e. The molecule has 0 atom stereocenters. The lowest BCUT2D eigenvalue weighted by Gasteiger charge is -2.24. The predicted molar refractivity (Wildman–Crippen MR) is 94.4 cm³/mol. The summed E-state index contributed by atoms with van der Waals surface area (Å²) in [6, 6.07) is 21.9. The second-order valence-electron chi connectivity index (χ2n) is 5.19. The summed E-state index contributed by atoms with van der Waals surface area (Å²) in [7, 11) is 0. The van der Waals surface area contributed by atoms with E-state index in [1.165, 1.54) is 12.1 Å². The molecule has 7 nitrogen and oxygen atoms in total. The van der Waals surface area contributed by atoms with E-state index in [0.717, 1.165) is 6.07 Å². The molecule has 3 aromatic rings. The molecule has 0 aliphatic heterocycles. The molecule has 7 heteroatoms. The Balaban J connectivity index is 2.24. The van der Waals surface area contributed by atoms with Gasteiger partial charge in [0, 0.05) is 17.4 Å². The van der Waals surface area contributed by atoms with Crippen LogP contribution in [0.3, 0.4) is 0 Å². The molecule has 3 rings (SSSR count). The molecule has 0 saturated carbocycles. The van der Waals surface area contributed by atoms with Crippen LogP contribution in [0.1, 0.15) is 0 Å². The van der Waals surface area contributed by atoms with Gasteiger partial charge in [-0.1, -0.05) is 36.4 Å². The minimum atomic E-state index is -0.647. The summed E-state index contributed by atoms with van der Waals surface area (Å²) in [5.74, 6) is 0. The van der Waals surface area contributed by atoms with Gasteiger partial charge in [-0.2, -0.15) is 0 Å². The largest absolute Gasteiger partial charge is 0.304 e. The molecule has 0 saturated heterocycles. The number of nitro benzene ring substituents is 2. The highest BCUT2D eigenvalue weighted by Crippen LogP contribution is 2.41. The normalized spacial score (nSPS) is 10.2. The van der Waals surface area contributed by atoms with Crippen molar-refractivity contribution >= 4 is 28.4 Å². The van der Waals surface area contributed by atoms with Gasteiger partial charge in [-0.25, -0.2) is 0 Å². The van der Waals surface area contributed by atoms with Crippen LogP contribution in [-0.2, 0) is 0 Å². The van der Waals surface area contributed by atoms with Crippen LogP contribution in [0, 0.1) is 20.2 Å². The minimum Gasteiger partial charge on any atom is -0.304 e. The van der Waals surface area contributed by atoms with Crippen molar-refractivity contribution in [3.05, 3.63) is 99.1 Å². The highest BCUT2D eigenvalue weighted by atomic mass is 16.6. The molecular weight excluding hydrogens is 322 g/mol. The van der Waals surface area contributed by atoms with E-state index in [-0.39, 0.29) is 17.1 Å². The van der Waals surface area contributed by atoms with Gasteiger partial charge in [-0.15, -0.1) is 0 Å². The molecule has 0 aliphatic rings. The Morgan fingerprint density at radius 2 is 1.20 bits per heavy atom. The van der Waals surface area contributed by atoms with Crippen LogP contribution in [0.15, 0.2) is 78.9 Å². The van der Waals surface area contributed by atoms with E-state index in [2.05, 4.69) is 0 Å². The molecule has 124 valence electrons. The van der Waals surface area contributed by atoms with Crippen LogP contribution in [0.5, 0.6) is 0 Å². The van der Waals surface area contributed by atoms with E-state index in [1.54, 1.807) is 4.90 Å². The van der Waals surface area contributed by atoms with Crippen LogP contribution >= 0.6 is 0 Å². The fourth-order valence-electron chi connectivity index (χ4n) is 2.54. The molecule has 0 fully saturated rings. The summed E-state index contributed by atoms with van der Waals surface area (Å²) in [6.45, 7) is 0. The number of nitrogens with zero attached hydrogens (tertiary/aromatic N) is 3. The van der Waals surface area contributed by atoms with Gasteiger partial charge >= 0.3 is 0 Å². The summed E-state index contributed by atoms with van der Waals surface area (Å²) in [6.07, 6.45) is 0. The van der Waals surface area contributed by atoms with Gasteiger partial charge in [0.25, 0.3) is 11.4 Å². The Bertz CT molecular complexity index is 875. The van der Waals surface area contributed by atoms with Gasteiger partial charge in [-0.3, -0.25) is 20.2 Å². The number of nitro groups is 2. The minimum absolute atomic E-state index is 0.257. The second kappa shape index (κ2) is 6.79. The zero-order chi connectivity index (χ0) is 17.8. The fourth-order valence-corrected chi connectivity index (χ4v) is 2.54. The molecule has 0 amide bonds. The first-order valence-corrected chi connectivity index (χ1v) is 7.41. The van der Waals surface area contributed by atoms with Crippen LogP contribution < -0.4 is 4.90 Å². The van der Waals surface area contributed by atoms with Crippen LogP contribution in [-0.4, -0.2) is 9.85 Å². The second-order valence-corrected chi connectivity index (χ2v) is 5.19. The SMILES string of the molecule is O=[N+]([O-])c1ccc(N(c2ccccc2)c2ccccc2)c([N+](=O)[O-])c1. The number of benzene rings is 3. The molecule has 3 aromatic carbocycles. The molecule has 0 aliphatic carbocycles. The van der Waals surface area contributed by atoms with Crippen molar-refractivity contribution in [3.63, 3.8) is 0 Å². The molecule has 0 bridgehead atoms. The van der Waals surface area contributed by atoms with Gasteiger partial charge in [0.15, 0.2) is 0 Å². The summed E-state index contributed by atoms with van der Waals surface area (Å²) in [5.41, 5.74) is 1.03. The maximum atomic E-state index is 11.5. The van der Waals surface area contributed by atoms with E-state index in [9.17, 15) is 20.2 Å². The fraction of sp³-hybridized carbons (Fsp3) is 0. The standard InChI is InChI=1S/C18H13N3O4/c22-20(23)16-11-12-17(18(13-16)21(24)25)19(14-7-3-1-4-8-14)15-9-5-2-6-10-15/h1-13H. The third-order valence-electron chi connectivity index (χ3n) is 3.64. The third kappa shape index (κ3) is 3.30. The van der Waals surface area contributed by atoms with Crippen molar-refractivity contribution in [1.82, 2.24) is 0 Å². The number of hydrogen-bond acceptors (Lipinski definition) is 5. The Hall–Kier alpha value is -3.74. The number of non-ortho nitro benzene ring substituents is 1. The molecular formula is C18H13N3O4. The van der Waals surface area contributed by atoms with Gasteiger partial charge in [-0.05, 0) is 30.3 Å². The van der Waals surface area contributed by atoms with E-state index < -0.39 is 9.85 Å². The quantitative estimate of drug-likeness (QED) is 0.485. The van der Waals surface area contributed by atoms with Crippen molar-refractivity contribution in [1.29, 1.82) is 0 Å². The average Bonchev–Trinajstić information content (AvgIpc) is 2.63. The summed E-state index contributed by atoms with van der Waals surface area (Å²) >= 11 is 0. The van der Waals surface area contributed by atoms with Crippen molar-refractivity contribution in [2.45, 2.75) is 0 Å². The van der Waals surface area contributed by atoms with Gasteiger partial charge < -0.3 is 4.90 Å². The highest BCUT2D eigenvalue weighted by molar-refractivity contribution is 5.82. The van der Waals surface area contributed by atoms with Crippen molar-refractivity contribution in [2.75, 3.05) is 4.90 Å². The first-order chi connectivity index (χ1) is 12.1. The molecule has 0 spiro atoms. The molecule has 0 radical (unpaired) electrons. The van der Waals surface area contributed by atoms with Gasteiger partial charge in [0.1, 0.15) is 5.69 Å². The third-order valence-corrected chi connectivity index (χ3v) is 3.64. The predicted octanol–water partition coefficient (Wildman–Crippen LogP) is 4.97. The van der Waals surface area contributed by atoms with Gasteiger partial charge in [0.2, 0.25) is 0 Å². The van der Waals surface area contributed by atoms with E-state index in [4.69, 9.17) is 0 Å². The zero-order valence-electron chi connectivity index (χ0n) is 13.0. The van der Waals surface area contributed by atoms with E-state index in [1.807, 2.05) is 60.7 Å². The molecule has 0 heterocycles. The lowest BCUT2D eigenvalue weighted by atomic mass is 10.1.